The highest BCUT2D eigenvalue weighted by Gasteiger charge is 2.34. The number of ether oxygens (including phenoxy) is 2. The number of carbonyl (C=O) groups excluding carboxylic acids is 2. The van der Waals surface area contributed by atoms with Crippen molar-refractivity contribution in [2.24, 2.45) is 0 Å². The topological polar surface area (TPSA) is 90.7 Å². The van der Waals surface area contributed by atoms with E-state index in [0.717, 1.165) is 21.7 Å². The summed E-state index contributed by atoms with van der Waals surface area (Å²) in [7, 11) is 1.39. The first-order valence-electron chi connectivity index (χ1n) is 9.31. The number of methoxy groups -OCH3 is 1. The van der Waals surface area contributed by atoms with Crippen LogP contribution in [-0.2, 0) is 20.4 Å². The Morgan fingerprint density at radius 3 is 2.52 bits per heavy atom. The zero-order chi connectivity index (χ0) is 23.2. The number of alkyl halides is 3. The Bertz CT molecular complexity index is 1000. The van der Waals surface area contributed by atoms with Crippen LogP contribution < -0.4 is 5.43 Å². The minimum atomic E-state index is -4.67. The number of carbonyl (C=O) groups is 2. The minimum Gasteiger partial charge on any atom is -0.465 e. The molecule has 0 unspecified atom stereocenters. The number of aryl methyl sites for hydroxylation is 1. The molecule has 2 rings (SSSR count). The summed E-state index contributed by atoms with van der Waals surface area (Å²) in [5.74, 6) is -1.63. The summed E-state index contributed by atoms with van der Waals surface area (Å²) in [4.78, 5) is 38.2. The molecule has 0 aliphatic carbocycles. The van der Waals surface area contributed by atoms with E-state index in [9.17, 15) is 27.6 Å². The first kappa shape index (κ1) is 24.1. The molecule has 168 valence electrons. The largest absolute Gasteiger partial charge is 0.465 e. The van der Waals surface area contributed by atoms with Gasteiger partial charge in [-0.05, 0) is 26.0 Å². The second-order valence-corrected chi connectivity index (χ2v) is 6.45. The van der Waals surface area contributed by atoms with Crippen molar-refractivity contribution in [3.8, 4) is 5.69 Å². The van der Waals surface area contributed by atoms with Gasteiger partial charge in [0.25, 0.3) is 5.91 Å². The van der Waals surface area contributed by atoms with Gasteiger partial charge in [0.2, 0.25) is 5.43 Å². The van der Waals surface area contributed by atoms with Crippen LogP contribution >= 0.6 is 0 Å². The molecule has 1 amide bonds. The van der Waals surface area contributed by atoms with Crippen molar-refractivity contribution < 1.29 is 32.2 Å². The molecule has 2 aromatic rings. The normalized spacial score (nSPS) is 11.3. The lowest BCUT2D eigenvalue weighted by Gasteiger charge is -2.22. The molecule has 0 radical (unpaired) electrons. The third kappa shape index (κ3) is 5.91. The Kier molecular flexibility index (Phi) is 7.92. The Labute approximate surface area is 176 Å². The molecule has 0 fully saturated rings. The molecule has 0 saturated heterocycles. The summed E-state index contributed by atoms with van der Waals surface area (Å²) in [6.07, 6.45) is -4.67. The molecule has 31 heavy (non-hydrogen) atoms. The van der Waals surface area contributed by atoms with E-state index >= 15 is 0 Å². The second-order valence-electron chi connectivity index (χ2n) is 6.45. The van der Waals surface area contributed by atoms with Crippen LogP contribution in [0.15, 0.2) is 35.1 Å². The van der Waals surface area contributed by atoms with Gasteiger partial charge in [-0.3, -0.25) is 14.4 Å². The molecule has 0 aliphatic heterocycles. The van der Waals surface area contributed by atoms with E-state index in [1.807, 2.05) is 0 Å². The zero-order valence-corrected chi connectivity index (χ0v) is 17.2. The summed E-state index contributed by atoms with van der Waals surface area (Å²) in [5.41, 5.74) is -2.62. The van der Waals surface area contributed by atoms with Crippen LogP contribution in [0.4, 0.5) is 13.2 Å². The quantitative estimate of drug-likeness (QED) is 0.584. The number of hydrogen-bond donors (Lipinski definition) is 0. The fraction of sp³-hybridized carbons (Fsp3) is 0.400. The molecule has 1 aromatic carbocycles. The maximum Gasteiger partial charge on any atom is 0.418 e. The van der Waals surface area contributed by atoms with Crippen molar-refractivity contribution >= 4 is 11.9 Å². The lowest BCUT2D eigenvalue weighted by atomic mass is 10.1. The molecule has 0 N–H and O–H groups in total. The fourth-order valence-electron chi connectivity index (χ4n) is 2.80. The Morgan fingerprint density at radius 1 is 1.23 bits per heavy atom. The van der Waals surface area contributed by atoms with Gasteiger partial charge in [0.05, 0.1) is 24.5 Å². The van der Waals surface area contributed by atoms with Crippen molar-refractivity contribution in [1.29, 1.82) is 0 Å². The molecular formula is C20H22F3N3O5. The van der Waals surface area contributed by atoms with Crippen molar-refractivity contribution in [3.63, 3.8) is 0 Å². The van der Waals surface area contributed by atoms with Gasteiger partial charge in [-0.25, -0.2) is 4.68 Å². The maximum absolute atomic E-state index is 13.4. The van der Waals surface area contributed by atoms with E-state index < -0.39 is 41.3 Å². The molecule has 0 aliphatic rings. The number of benzene rings is 1. The molecule has 1 heterocycles. The van der Waals surface area contributed by atoms with Gasteiger partial charge in [0.1, 0.15) is 6.54 Å². The first-order chi connectivity index (χ1) is 14.6. The highest BCUT2D eigenvalue weighted by atomic mass is 19.4. The van der Waals surface area contributed by atoms with E-state index in [4.69, 9.17) is 9.47 Å². The van der Waals surface area contributed by atoms with Gasteiger partial charge in [0.15, 0.2) is 5.69 Å². The summed E-state index contributed by atoms with van der Waals surface area (Å²) >= 11 is 0. The van der Waals surface area contributed by atoms with E-state index in [-0.39, 0.29) is 31.1 Å². The smallest absolute Gasteiger partial charge is 0.418 e. The van der Waals surface area contributed by atoms with Crippen LogP contribution in [0.2, 0.25) is 0 Å². The number of nitrogens with zero attached hydrogens (tertiary/aromatic N) is 3. The summed E-state index contributed by atoms with van der Waals surface area (Å²) in [6.45, 7) is 2.62. The Morgan fingerprint density at radius 2 is 1.90 bits per heavy atom. The molecular weight excluding hydrogens is 419 g/mol. The van der Waals surface area contributed by atoms with Crippen LogP contribution in [0.5, 0.6) is 0 Å². The Hall–Kier alpha value is -3.21. The predicted molar refractivity (Wildman–Crippen MR) is 104 cm³/mol. The summed E-state index contributed by atoms with van der Waals surface area (Å²) < 4.78 is 51.0. The van der Waals surface area contributed by atoms with E-state index in [1.54, 1.807) is 6.92 Å². The predicted octanol–water partition coefficient (Wildman–Crippen LogP) is 2.21. The highest BCUT2D eigenvalue weighted by molar-refractivity contribution is 5.94. The van der Waals surface area contributed by atoms with Crippen molar-refractivity contribution in [2.45, 2.75) is 20.0 Å². The number of rotatable bonds is 8. The van der Waals surface area contributed by atoms with Crippen LogP contribution in [0, 0.1) is 6.92 Å². The third-order valence-electron chi connectivity index (χ3n) is 4.23. The average molecular weight is 441 g/mol. The van der Waals surface area contributed by atoms with E-state index in [2.05, 4.69) is 5.10 Å². The van der Waals surface area contributed by atoms with Gasteiger partial charge >= 0.3 is 12.1 Å². The van der Waals surface area contributed by atoms with Crippen LogP contribution in [0.25, 0.3) is 5.69 Å². The molecule has 0 atom stereocenters. The summed E-state index contributed by atoms with van der Waals surface area (Å²) in [6, 6.07) is 5.69. The maximum atomic E-state index is 13.4. The van der Waals surface area contributed by atoms with E-state index in [0.29, 0.717) is 0 Å². The monoisotopic (exact) mass is 441 g/mol. The van der Waals surface area contributed by atoms with E-state index in [1.165, 1.54) is 32.2 Å². The van der Waals surface area contributed by atoms with Crippen molar-refractivity contribution in [3.05, 3.63) is 57.5 Å². The lowest BCUT2D eigenvalue weighted by molar-refractivity contribution is -0.144. The lowest BCUT2D eigenvalue weighted by Crippen LogP contribution is -2.41. The average Bonchev–Trinajstić information content (AvgIpc) is 2.70. The molecule has 0 spiro atoms. The number of esters is 1. The van der Waals surface area contributed by atoms with Gasteiger partial charge in [0, 0.05) is 25.4 Å². The number of amides is 1. The molecule has 8 nitrogen and oxygen atoms in total. The third-order valence-corrected chi connectivity index (χ3v) is 4.23. The van der Waals surface area contributed by atoms with Crippen LogP contribution in [-0.4, -0.2) is 60.0 Å². The molecule has 0 bridgehead atoms. The van der Waals surface area contributed by atoms with Gasteiger partial charge in [-0.2, -0.15) is 18.3 Å². The fourth-order valence-corrected chi connectivity index (χ4v) is 2.80. The Balaban J connectivity index is 2.54. The number of halogens is 3. The number of para-hydroxylation sites is 1. The van der Waals surface area contributed by atoms with Crippen LogP contribution in [0.3, 0.4) is 0 Å². The highest BCUT2D eigenvalue weighted by Crippen LogP contribution is 2.33. The molecule has 11 heteroatoms. The van der Waals surface area contributed by atoms with Crippen LogP contribution in [0.1, 0.15) is 28.7 Å². The van der Waals surface area contributed by atoms with Crippen molar-refractivity contribution in [1.82, 2.24) is 14.7 Å². The van der Waals surface area contributed by atoms with Gasteiger partial charge in [-0.15, -0.1) is 0 Å². The van der Waals surface area contributed by atoms with Gasteiger partial charge in [-0.1, -0.05) is 12.1 Å². The zero-order valence-electron chi connectivity index (χ0n) is 17.2. The molecule has 0 saturated carbocycles. The standard InChI is InChI=1S/C20H22F3N3O5/c1-4-31-17(28)12-25(9-10-30-3)19(29)18-16(27)11-13(2)26(24-18)15-8-6-5-7-14(15)20(21,22)23/h5-8,11H,4,9-10,12H2,1-3H3. The second kappa shape index (κ2) is 10.2. The first-order valence-corrected chi connectivity index (χ1v) is 9.31. The molecule has 1 aromatic heterocycles. The van der Waals surface area contributed by atoms with Gasteiger partial charge < -0.3 is 14.4 Å². The number of hydrogen-bond acceptors (Lipinski definition) is 6. The number of aromatic nitrogens is 2. The van der Waals surface area contributed by atoms with Crippen molar-refractivity contribution in [2.75, 3.05) is 33.4 Å². The summed E-state index contributed by atoms with van der Waals surface area (Å²) in [5, 5.41) is 3.92. The minimum absolute atomic E-state index is 0.0533. The SMILES string of the molecule is CCOC(=O)CN(CCOC)C(=O)c1nn(-c2ccccc2C(F)(F)F)c(C)cc1=O.